The smallest absolute Gasteiger partial charge is 0.118 e. The highest BCUT2D eigenvalue weighted by atomic mass is 16.5. The minimum absolute atomic E-state index is 0.681. The van der Waals surface area contributed by atoms with Gasteiger partial charge in [0.25, 0.3) is 0 Å². The first kappa shape index (κ1) is 22.5. The Morgan fingerprint density at radius 1 is 0.824 bits per heavy atom. The minimum atomic E-state index is 0.681. The number of allylic oxidation sites excluding steroid dienone is 1. The first-order valence-corrected chi connectivity index (χ1v) is 12.5. The van der Waals surface area contributed by atoms with Crippen molar-refractivity contribution in [2.24, 2.45) is 0 Å². The molecule has 2 aliphatic heterocycles. The summed E-state index contributed by atoms with van der Waals surface area (Å²) in [6.45, 7) is 9.12. The summed E-state index contributed by atoms with van der Waals surface area (Å²) in [4.78, 5) is 7.44. The highest BCUT2D eigenvalue weighted by molar-refractivity contribution is 5.76. The number of hydrogen-bond donors (Lipinski definition) is 0. The van der Waals surface area contributed by atoms with Crippen LogP contribution in [0, 0.1) is 0 Å². The van der Waals surface area contributed by atoms with E-state index < -0.39 is 0 Å². The second-order valence-corrected chi connectivity index (χ2v) is 9.33. The summed E-state index contributed by atoms with van der Waals surface area (Å²) in [5.74, 6) is 0.886. The van der Waals surface area contributed by atoms with E-state index in [9.17, 15) is 0 Å². The minimum Gasteiger partial charge on any atom is -0.497 e. The quantitative estimate of drug-likeness (QED) is 0.424. The second kappa shape index (κ2) is 9.94. The lowest BCUT2D eigenvalue weighted by molar-refractivity contribution is 0.193. The van der Waals surface area contributed by atoms with Crippen molar-refractivity contribution in [2.75, 3.05) is 43.1 Å². The normalized spacial score (nSPS) is 16.9. The van der Waals surface area contributed by atoms with E-state index in [0.29, 0.717) is 6.04 Å². The number of hydrogen-bond acceptors (Lipinski definition) is 4. The molecule has 4 nitrogen and oxygen atoms in total. The summed E-state index contributed by atoms with van der Waals surface area (Å²) >= 11 is 0. The van der Waals surface area contributed by atoms with E-state index in [-0.39, 0.29) is 0 Å². The van der Waals surface area contributed by atoms with Gasteiger partial charge in [-0.25, -0.2) is 0 Å². The van der Waals surface area contributed by atoms with Gasteiger partial charge in [-0.2, -0.15) is 0 Å². The van der Waals surface area contributed by atoms with Gasteiger partial charge in [0, 0.05) is 55.5 Å². The fraction of sp³-hybridized carbons (Fsp3) is 0.333. The van der Waals surface area contributed by atoms with Crippen molar-refractivity contribution in [1.29, 1.82) is 0 Å². The molecule has 1 saturated heterocycles. The molecule has 1 atom stereocenters. The van der Waals surface area contributed by atoms with Crippen LogP contribution in [0.25, 0.3) is 11.1 Å². The third-order valence-corrected chi connectivity index (χ3v) is 7.38. The average Bonchev–Trinajstić information content (AvgIpc) is 2.92. The average molecular weight is 454 g/mol. The van der Waals surface area contributed by atoms with Crippen molar-refractivity contribution in [3.63, 3.8) is 0 Å². The number of ether oxygens (including phenoxy) is 1. The monoisotopic (exact) mass is 453 g/mol. The summed E-state index contributed by atoms with van der Waals surface area (Å²) in [7, 11) is 1.70. The Balaban J connectivity index is 1.31. The molecule has 1 unspecified atom stereocenters. The van der Waals surface area contributed by atoms with Crippen molar-refractivity contribution in [3.8, 4) is 16.9 Å². The molecule has 5 rings (SSSR count). The van der Waals surface area contributed by atoms with Crippen molar-refractivity contribution >= 4 is 17.1 Å². The maximum Gasteiger partial charge on any atom is 0.118 e. The molecule has 0 amide bonds. The Bertz CT molecular complexity index is 1130. The van der Waals surface area contributed by atoms with Gasteiger partial charge in [0.2, 0.25) is 0 Å². The van der Waals surface area contributed by atoms with E-state index in [1.54, 1.807) is 7.11 Å². The molecule has 2 aliphatic rings. The molecule has 0 bridgehead atoms. The van der Waals surface area contributed by atoms with Gasteiger partial charge >= 0.3 is 0 Å². The molecule has 2 heterocycles. The summed E-state index contributed by atoms with van der Waals surface area (Å²) in [5, 5.41) is 0. The summed E-state index contributed by atoms with van der Waals surface area (Å²) in [6, 6.07) is 24.8. The van der Waals surface area contributed by atoms with Crippen LogP contribution in [-0.2, 0) is 6.42 Å². The zero-order valence-corrected chi connectivity index (χ0v) is 20.6. The van der Waals surface area contributed by atoms with E-state index in [2.05, 4.69) is 95.4 Å². The Morgan fingerprint density at radius 3 is 2.18 bits per heavy atom. The molecular formula is C30H35N3O. The number of fused-ring (bicyclic) bond motifs is 1. The van der Waals surface area contributed by atoms with Gasteiger partial charge in [-0.1, -0.05) is 31.2 Å². The lowest BCUT2D eigenvalue weighted by atomic mass is 9.98. The third kappa shape index (κ3) is 4.55. The third-order valence-electron chi connectivity index (χ3n) is 7.38. The number of piperazine rings is 1. The van der Waals surface area contributed by atoms with Crippen LogP contribution in [0.15, 0.2) is 79.0 Å². The van der Waals surface area contributed by atoms with E-state index in [4.69, 9.17) is 4.74 Å². The van der Waals surface area contributed by atoms with Crippen LogP contribution in [0.1, 0.15) is 25.8 Å². The standard InChI is InChI=1S/C30H35N3O/c1-4-23(2)31-18-20-32(21-19-31)27-10-12-28(13-11-27)33-17-5-6-26-22-25(9-16-30(26)33)24-7-14-29(34-3)15-8-24/h5,7-17,22-23H,4,6,18-21H2,1-3H3. The van der Waals surface area contributed by atoms with Gasteiger partial charge in [-0.05, 0) is 85.0 Å². The lowest BCUT2D eigenvalue weighted by Crippen LogP contribution is -2.49. The predicted octanol–water partition coefficient (Wildman–Crippen LogP) is 6.49. The number of nitrogens with zero attached hydrogens (tertiary/aromatic N) is 3. The molecule has 0 aliphatic carbocycles. The largest absolute Gasteiger partial charge is 0.497 e. The Labute approximate surface area is 204 Å². The van der Waals surface area contributed by atoms with Crippen molar-refractivity contribution in [3.05, 3.63) is 84.6 Å². The van der Waals surface area contributed by atoms with E-state index in [0.717, 1.165) is 38.3 Å². The summed E-state index contributed by atoms with van der Waals surface area (Å²) in [6.07, 6.45) is 6.63. The first-order valence-electron chi connectivity index (χ1n) is 12.5. The van der Waals surface area contributed by atoms with E-state index >= 15 is 0 Å². The summed E-state index contributed by atoms with van der Waals surface area (Å²) < 4.78 is 5.30. The van der Waals surface area contributed by atoms with Crippen LogP contribution >= 0.6 is 0 Å². The molecule has 1 fully saturated rings. The molecule has 34 heavy (non-hydrogen) atoms. The molecule has 0 saturated carbocycles. The van der Waals surface area contributed by atoms with Gasteiger partial charge in [0.05, 0.1) is 7.11 Å². The molecule has 4 heteroatoms. The van der Waals surface area contributed by atoms with Gasteiger partial charge in [0.15, 0.2) is 0 Å². The molecule has 0 aromatic heterocycles. The fourth-order valence-corrected chi connectivity index (χ4v) is 5.04. The molecule has 176 valence electrons. The fourth-order valence-electron chi connectivity index (χ4n) is 5.04. The van der Waals surface area contributed by atoms with Crippen molar-refractivity contribution in [2.45, 2.75) is 32.7 Å². The van der Waals surface area contributed by atoms with E-state index in [1.165, 1.54) is 40.2 Å². The molecule has 3 aromatic carbocycles. The zero-order valence-electron chi connectivity index (χ0n) is 20.6. The Morgan fingerprint density at radius 2 is 1.50 bits per heavy atom. The lowest BCUT2D eigenvalue weighted by Gasteiger charge is -2.39. The second-order valence-electron chi connectivity index (χ2n) is 9.33. The maximum atomic E-state index is 5.30. The van der Waals surface area contributed by atoms with Crippen molar-refractivity contribution in [1.82, 2.24) is 4.90 Å². The molecular weight excluding hydrogens is 418 g/mol. The number of benzene rings is 3. The topological polar surface area (TPSA) is 19.0 Å². The highest BCUT2D eigenvalue weighted by Crippen LogP contribution is 2.36. The van der Waals surface area contributed by atoms with Gasteiger partial charge in [-0.15, -0.1) is 0 Å². The Hall–Kier alpha value is -3.24. The van der Waals surface area contributed by atoms with Gasteiger partial charge in [-0.3, -0.25) is 4.90 Å². The summed E-state index contributed by atoms with van der Waals surface area (Å²) in [5.41, 5.74) is 7.58. The van der Waals surface area contributed by atoms with Crippen LogP contribution in [-0.4, -0.2) is 44.2 Å². The molecule has 0 spiro atoms. The Kier molecular flexibility index (Phi) is 6.59. The van der Waals surface area contributed by atoms with Crippen LogP contribution in [0.3, 0.4) is 0 Å². The van der Waals surface area contributed by atoms with E-state index in [1.807, 2.05) is 12.1 Å². The molecule has 0 radical (unpaired) electrons. The van der Waals surface area contributed by atoms with Crippen LogP contribution in [0.2, 0.25) is 0 Å². The zero-order chi connectivity index (χ0) is 23.5. The maximum absolute atomic E-state index is 5.30. The molecule has 0 N–H and O–H groups in total. The van der Waals surface area contributed by atoms with Gasteiger partial charge in [0.1, 0.15) is 5.75 Å². The number of rotatable bonds is 6. The highest BCUT2D eigenvalue weighted by Gasteiger charge is 2.21. The first-order chi connectivity index (χ1) is 16.7. The number of anilines is 3. The molecule has 3 aromatic rings. The van der Waals surface area contributed by atoms with Crippen molar-refractivity contribution < 1.29 is 4.74 Å². The predicted molar refractivity (Wildman–Crippen MR) is 143 cm³/mol. The van der Waals surface area contributed by atoms with Crippen LogP contribution < -0.4 is 14.5 Å². The van der Waals surface area contributed by atoms with Crippen LogP contribution in [0.5, 0.6) is 5.75 Å². The van der Waals surface area contributed by atoms with Crippen LogP contribution in [0.4, 0.5) is 17.1 Å². The number of methoxy groups -OCH3 is 1. The SMILES string of the molecule is CCC(C)N1CCN(c2ccc(N3C=CCc4cc(-c5ccc(OC)cc5)ccc43)cc2)CC1. The van der Waals surface area contributed by atoms with Gasteiger partial charge < -0.3 is 14.5 Å².